The third-order valence-corrected chi connectivity index (χ3v) is 9.68. The lowest BCUT2D eigenvalue weighted by molar-refractivity contribution is 0.677. The molecule has 0 saturated heterocycles. The predicted molar refractivity (Wildman–Crippen MR) is 191 cm³/mol. The minimum atomic E-state index is 0.279. The Morgan fingerprint density at radius 1 is 0.630 bits per heavy atom. The highest BCUT2D eigenvalue weighted by Gasteiger charge is 2.28. The number of hydrogen-bond donors (Lipinski definition) is 0. The number of rotatable bonds is 4. The topological polar surface area (TPSA) is 17.8 Å². The van der Waals surface area contributed by atoms with Gasteiger partial charge in [0.1, 0.15) is 5.82 Å². The van der Waals surface area contributed by atoms with Crippen LogP contribution in [-0.2, 0) is 0 Å². The SMILES string of the molecule is C[C@H]1c2ccccc2C=C[C@@H]1c1c2ccccc2c(-c2ccc(-c3nc4ccccc4n3-c3c#cccc3)cc2)c2ccccc12. The van der Waals surface area contributed by atoms with Gasteiger partial charge in [-0.3, -0.25) is 4.57 Å². The normalized spacial score (nSPS) is 15.7. The van der Waals surface area contributed by atoms with E-state index in [2.05, 4.69) is 157 Å². The summed E-state index contributed by atoms with van der Waals surface area (Å²) in [5.41, 5.74) is 10.6. The lowest BCUT2D eigenvalue weighted by Gasteiger charge is -2.30. The van der Waals surface area contributed by atoms with E-state index in [1.54, 1.807) is 0 Å². The van der Waals surface area contributed by atoms with Gasteiger partial charge in [-0.2, -0.15) is 0 Å². The van der Waals surface area contributed by atoms with Gasteiger partial charge in [0.05, 0.1) is 16.7 Å². The molecule has 0 N–H and O–H groups in total. The molecule has 0 radical (unpaired) electrons. The molecule has 1 aliphatic carbocycles. The maximum Gasteiger partial charge on any atom is 0.146 e. The van der Waals surface area contributed by atoms with E-state index in [0.29, 0.717) is 5.92 Å². The largest absolute Gasteiger partial charge is 0.285 e. The Kier molecular flexibility index (Phi) is 6.11. The van der Waals surface area contributed by atoms with E-state index in [1.807, 2.05) is 18.2 Å². The third-order valence-electron chi connectivity index (χ3n) is 9.68. The molecule has 0 amide bonds. The number of fused-ring (bicyclic) bond motifs is 4. The Bertz CT molecular complexity index is 2370. The molecule has 2 heteroatoms. The summed E-state index contributed by atoms with van der Waals surface area (Å²) in [5, 5.41) is 5.20. The summed E-state index contributed by atoms with van der Waals surface area (Å²) in [6.07, 6.45) is 4.73. The van der Waals surface area contributed by atoms with Gasteiger partial charge in [-0.05, 0) is 85.6 Å². The standard InChI is InChI=1S/C44H30N2/c1-29-34-16-6-5-13-30(34)27-28-35(29)43-38-19-9-7-17-36(38)42(37-18-8-10-20-39(37)43)31-23-25-32(26-24-31)44-45-40-21-11-12-22-41(40)46(44)33-14-3-2-4-15-33/h2-3,5-14,16-29,35H,1H3/t29-,35-/m0/s1. The second-order valence-corrected chi connectivity index (χ2v) is 12.2. The quantitative estimate of drug-likeness (QED) is 0.188. The van der Waals surface area contributed by atoms with Crippen LogP contribution in [-0.4, -0.2) is 9.55 Å². The van der Waals surface area contributed by atoms with Crippen LogP contribution < -0.4 is 0 Å². The molecule has 1 aromatic heterocycles. The van der Waals surface area contributed by atoms with E-state index >= 15 is 0 Å². The summed E-state index contributed by atoms with van der Waals surface area (Å²) in [6, 6.07) is 56.3. The first-order chi connectivity index (χ1) is 22.8. The summed E-state index contributed by atoms with van der Waals surface area (Å²) < 4.78 is 2.18. The van der Waals surface area contributed by atoms with E-state index in [4.69, 9.17) is 4.98 Å². The van der Waals surface area contributed by atoms with E-state index in [1.165, 1.54) is 49.4 Å². The molecule has 0 aliphatic heterocycles. The number of imidazole rings is 1. The number of allylic oxidation sites excluding steroid dienone is 1. The number of benzene rings is 6. The fraction of sp³-hybridized carbons (Fsp3) is 0.0682. The second-order valence-electron chi connectivity index (χ2n) is 12.2. The van der Waals surface area contributed by atoms with E-state index in [0.717, 1.165) is 28.1 Å². The van der Waals surface area contributed by atoms with Gasteiger partial charge < -0.3 is 0 Å². The van der Waals surface area contributed by atoms with Gasteiger partial charge in [-0.15, -0.1) is 0 Å². The van der Waals surface area contributed by atoms with Gasteiger partial charge in [0.25, 0.3) is 0 Å². The van der Waals surface area contributed by atoms with Gasteiger partial charge in [0, 0.05) is 11.5 Å². The van der Waals surface area contributed by atoms with Crippen molar-refractivity contribution in [3.8, 4) is 28.2 Å². The monoisotopic (exact) mass is 586 g/mol. The molecule has 9 rings (SSSR count). The van der Waals surface area contributed by atoms with Crippen LogP contribution in [0.2, 0.25) is 0 Å². The molecule has 0 bridgehead atoms. The second kappa shape index (κ2) is 10.6. The van der Waals surface area contributed by atoms with Crippen LogP contribution in [0.3, 0.4) is 0 Å². The summed E-state index contributed by atoms with van der Waals surface area (Å²) >= 11 is 0. The van der Waals surface area contributed by atoms with Crippen molar-refractivity contribution in [2.45, 2.75) is 18.8 Å². The zero-order valence-electron chi connectivity index (χ0n) is 25.5. The van der Waals surface area contributed by atoms with Gasteiger partial charge in [-0.1, -0.05) is 140 Å². The maximum atomic E-state index is 5.07. The van der Waals surface area contributed by atoms with Crippen LogP contribution >= 0.6 is 0 Å². The zero-order valence-corrected chi connectivity index (χ0v) is 25.5. The molecular formula is C44H30N2. The fourth-order valence-corrected chi connectivity index (χ4v) is 7.55. The summed E-state index contributed by atoms with van der Waals surface area (Å²) in [6.45, 7) is 2.38. The molecule has 216 valence electrons. The van der Waals surface area contributed by atoms with Gasteiger partial charge >= 0.3 is 0 Å². The predicted octanol–water partition coefficient (Wildman–Crippen LogP) is 11.2. The van der Waals surface area contributed by atoms with Crippen molar-refractivity contribution >= 4 is 38.7 Å². The Balaban J connectivity index is 1.22. The van der Waals surface area contributed by atoms with Gasteiger partial charge in [0.2, 0.25) is 0 Å². The Morgan fingerprint density at radius 3 is 2.02 bits per heavy atom. The molecule has 1 aliphatic rings. The molecule has 2 atom stereocenters. The number of aromatic nitrogens is 2. The van der Waals surface area contributed by atoms with Crippen molar-refractivity contribution in [1.29, 1.82) is 0 Å². The fourth-order valence-electron chi connectivity index (χ4n) is 7.55. The van der Waals surface area contributed by atoms with E-state index in [9.17, 15) is 0 Å². The smallest absolute Gasteiger partial charge is 0.146 e. The summed E-state index contributed by atoms with van der Waals surface area (Å²) in [5.74, 6) is 1.55. The minimum Gasteiger partial charge on any atom is -0.285 e. The number of para-hydroxylation sites is 2. The van der Waals surface area contributed by atoms with Crippen molar-refractivity contribution in [3.63, 3.8) is 0 Å². The summed E-state index contributed by atoms with van der Waals surface area (Å²) in [4.78, 5) is 5.07. The first kappa shape index (κ1) is 26.5. The number of nitrogens with zero attached hydrogens (tertiary/aromatic N) is 2. The van der Waals surface area contributed by atoms with Crippen LogP contribution in [0.15, 0.2) is 146 Å². The molecule has 0 saturated carbocycles. The first-order valence-corrected chi connectivity index (χ1v) is 15.9. The number of hydrogen-bond acceptors (Lipinski definition) is 1. The van der Waals surface area contributed by atoms with Crippen molar-refractivity contribution in [2.24, 2.45) is 0 Å². The maximum absolute atomic E-state index is 5.07. The molecular weight excluding hydrogens is 556 g/mol. The van der Waals surface area contributed by atoms with Crippen LogP contribution in [0, 0.1) is 12.1 Å². The molecule has 7 aromatic carbocycles. The van der Waals surface area contributed by atoms with Gasteiger partial charge in [-0.25, -0.2) is 4.98 Å². The lowest BCUT2D eigenvalue weighted by Crippen LogP contribution is -2.12. The molecule has 2 nitrogen and oxygen atoms in total. The van der Waals surface area contributed by atoms with Crippen LogP contribution in [0.25, 0.3) is 66.9 Å². The zero-order chi connectivity index (χ0) is 30.6. The van der Waals surface area contributed by atoms with Gasteiger partial charge in [0.15, 0.2) is 0 Å². The molecule has 0 fully saturated rings. The van der Waals surface area contributed by atoms with Crippen LogP contribution in [0.1, 0.15) is 35.4 Å². The highest BCUT2D eigenvalue weighted by Crippen LogP contribution is 2.48. The first-order valence-electron chi connectivity index (χ1n) is 15.9. The van der Waals surface area contributed by atoms with Crippen LogP contribution in [0.5, 0.6) is 0 Å². The molecule has 1 heterocycles. The Labute approximate surface area is 268 Å². The van der Waals surface area contributed by atoms with E-state index in [-0.39, 0.29) is 5.92 Å². The Hall–Kier alpha value is -5.91. The third kappa shape index (κ3) is 4.10. The van der Waals surface area contributed by atoms with Crippen molar-refractivity contribution < 1.29 is 0 Å². The molecule has 0 spiro atoms. The molecule has 8 aromatic rings. The summed E-state index contributed by atoms with van der Waals surface area (Å²) in [7, 11) is 0. The van der Waals surface area contributed by atoms with Crippen molar-refractivity contribution in [1.82, 2.24) is 9.55 Å². The average Bonchev–Trinajstić information content (AvgIpc) is 3.51. The average molecular weight is 587 g/mol. The lowest BCUT2D eigenvalue weighted by atomic mass is 9.73. The van der Waals surface area contributed by atoms with E-state index < -0.39 is 0 Å². The Morgan fingerprint density at radius 2 is 1.28 bits per heavy atom. The van der Waals surface area contributed by atoms with Crippen LogP contribution in [0.4, 0.5) is 0 Å². The molecule has 0 unspecified atom stereocenters. The highest BCUT2D eigenvalue weighted by molar-refractivity contribution is 6.15. The molecule has 46 heavy (non-hydrogen) atoms. The highest BCUT2D eigenvalue weighted by atomic mass is 15.1. The van der Waals surface area contributed by atoms with Crippen molar-refractivity contribution in [2.75, 3.05) is 0 Å². The van der Waals surface area contributed by atoms with Crippen molar-refractivity contribution in [3.05, 3.63) is 174 Å². The minimum absolute atomic E-state index is 0.279.